The van der Waals surface area contributed by atoms with Gasteiger partial charge in [-0.3, -0.25) is 4.79 Å². The van der Waals surface area contributed by atoms with Gasteiger partial charge in [-0.25, -0.2) is 0 Å². The maximum atomic E-state index is 10.7. The van der Waals surface area contributed by atoms with Crippen LogP contribution in [0.5, 0.6) is 0 Å². The zero-order valence-electron chi connectivity index (χ0n) is 9.99. The van der Waals surface area contributed by atoms with Crippen molar-refractivity contribution >= 4 is 5.97 Å². The van der Waals surface area contributed by atoms with E-state index in [0.717, 1.165) is 18.5 Å². The maximum Gasteiger partial charge on any atom is 0.303 e. The molecule has 88 valence electrons. The fraction of sp³-hybridized carbons (Fsp3) is 0.750. The van der Waals surface area contributed by atoms with Crippen LogP contribution in [0.1, 0.15) is 46.5 Å². The van der Waals surface area contributed by atoms with Crippen molar-refractivity contribution in [1.29, 1.82) is 0 Å². The van der Waals surface area contributed by atoms with Crippen LogP contribution in [0.4, 0.5) is 0 Å². The Balaban J connectivity index is 4.23. The highest BCUT2D eigenvalue weighted by Crippen LogP contribution is 2.21. The molecule has 0 aliphatic heterocycles. The van der Waals surface area contributed by atoms with Crippen molar-refractivity contribution in [2.45, 2.75) is 46.5 Å². The second kappa shape index (κ2) is 7.32. The van der Waals surface area contributed by atoms with Gasteiger partial charge in [0.1, 0.15) is 0 Å². The second-order valence-electron chi connectivity index (χ2n) is 4.48. The minimum atomic E-state index is -0.732. The molecule has 0 aromatic carbocycles. The van der Waals surface area contributed by atoms with E-state index in [-0.39, 0.29) is 12.3 Å². The minimum Gasteiger partial charge on any atom is -0.481 e. The Kier molecular flexibility index (Phi) is 6.84. The minimum absolute atomic E-state index is 0.172. The molecule has 0 amide bonds. The topological polar surface area (TPSA) is 63.3 Å². The lowest BCUT2D eigenvalue weighted by atomic mass is 9.90. The van der Waals surface area contributed by atoms with E-state index < -0.39 is 5.97 Å². The first kappa shape index (κ1) is 14.0. The average Bonchev–Trinajstić information content (AvgIpc) is 2.00. The Morgan fingerprint density at radius 1 is 1.40 bits per heavy atom. The number of hydrogen-bond acceptors (Lipinski definition) is 2. The fourth-order valence-corrected chi connectivity index (χ4v) is 1.83. The third kappa shape index (κ3) is 8.03. The summed E-state index contributed by atoms with van der Waals surface area (Å²) >= 11 is 0. The molecule has 0 spiro atoms. The molecule has 0 aromatic rings. The third-order valence-electron chi connectivity index (χ3n) is 2.26. The molecule has 0 saturated heterocycles. The second-order valence-corrected chi connectivity index (χ2v) is 4.48. The maximum absolute atomic E-state index is 10.7. The Morgan fingerprint density at radius 2 is 2.00 bits per heavy atom. The fourth-order valence-electron chi connectivity index (χ4n) is 1.83. The van der Waals surface area contributed by atoms with Gasteiger partial charge in [0.25, 0.3) is 0 Å². The molecule has 0 heterocycles. The number of carboxylic acid groups (broad SMARTS) is 1. The van der Waals surface area contributed by atoms with Gasteiger partial charge in [-0.05, 0) is 31.1 Å². The van der Waals surface area contributed by atoms with Gasteiger partial charge in [0.2, 0.25) is 0 Å². The van der Waals surface area contributed by atoms with Crippen molar-refractivity contribution < 1.29 is 9.90 Å². The van der Waals surface area contributed by atoms with Crippen LogP contribution in [0, 0.1) is 11.8 Å². The highest BCUT2D eigenvalue weighted by molar-refractivity contribution is 5.67. The average molecular weight is 213 g/mol. The zero-order chi connectivity index (χ0) is 11.8. The molecule has 0 bridgehead atoms. The van der Waals surface area contributed by atoms with Crippen LogP contribution in [0.3, 0.4) is 0 Å². The molecule has 1 atom stereocenters. The van der Waals surface area contributed by atoms with E-state index in [1.165, 1.54) is 0 Å². The van der Waals surface area contributed by atoms with Gasteiger partial charge in [0.15, 0.2) is 0 Å². The van der Waals surface area contributed by atoms with E-state index >= 15 is 0 Å². The standard InChI is InChI=1S/C12H23NO2/c1-4-5-11(13)7-10(6-9(2)3)8-12(14)15/h5,9-10H,4,6-8,13H2,1-3H3,(H,14,15). The molecule has 1 unspecified atom stereocenters. The first-order valence-corrected chi connectivity index (χ1v) is 5.62. The van der Waals surface area contributed by atoms with Crippen LogP contribution in [-0.4, -0.2) is 11.1 Å². The van der Waals surface area contributed by atoms with Gasteiger partial charge in [-0.1, -0.05) is 26.8 Å². The Labute approximate surface area is 92.4 Å². The molecule has 0 fully saturated rings. The summed E-state index contributed by atoms with van der Waals surface area (Å²) in [4.78, 5) is 10.7. The first-order chi connectivity index (χ1) is 6.95. The van der Waals surface area contributed by atoms with Crippen LogP contribution in [0.25, 0.3) is 0 Å². The van der Waals surface area contributed by atoms with E-state index in [9.17, 15) is 4.79 Å². The summed E-state index contributed by atoms with van der Waals surface area (Å²) in [5, 5.41) is 8.78. The molecule has 0 aliphatic rings. The predicted octanol–water partition coefficient (Wildman–Crippen LogP) is 2.77. The number of allylic oxidation sites excluding steroid dienone is 2. The SMILES string of the molecule is CCC=C(N)CC(CC(=O)O)CC(C)C. The summed E-state index contributed by atoms with van der Waals surface area (Å²) in [6.07, 6.45) is 4.72. The number of rotatable bonds is 7. The number of nitrogens with two attached hydrogens (primary N) is 1. The summed E-state index contributed by atoms with van der Waals surface area (Å²) in [5.74, 6) is -0.0426. The molecule has 0 radical (unpaired) electrons. The summed E-state index contributed by atoms with van der Waals surface area (Å²) in [6.45, 7) is 6.24. The molecule has 0 aromatic heterocycles. The molecule has 3 nitrogen and oxygen atoms in total. The lowest BCUT2D eigenvalue weighted by Gasteiger charge is -2.17. The Hall–Kier alpha value is -0.990. The van der Waals surface area contributed by atoms with Crippen LogP contribution < -0.4 is 5.73 Å². The molecular formula is C12H23NO2. The summed E-state index contributed by atoms with van der Waals surface area (Å²) in [7, 11) is 0. The van der Waals surface area contributed by atoms with Crippen LogP contribution in [0.2, 0.25) is 0 Å². The van der Waals surface area contributed by atoms with Crippen LogP contribution >= 0.6 is 0 Å². The summed E-state index contributed by atoms with van der Waals surface area (Å²) in [5.41, 5.74) is 6.63. The Bertz CT molecular complexity index is 222. The lowest BCUT2D eigenvalue weighted by Crippen LogP contribution is -2.14. The number of carbonyl (C=O) groups is 1. The highest BCUT2D eigenvalue weighted by atomic mass is 16.4. The molecule has 3 heteroatoms. The van der Waals surface area contributed by atoms with Crippen molar-refractivity contribution in [1.82, 2.24) is 0 Å². The molecular weight excluding hydrogens is 190 g/mol. The van der Waals surface area contributed by atoms with E-state index in [0.29, 0.717) is 12.3 Å². The van der Waals surface area contributed by atoms with Crippen LogP contribution in [0.15, 0.2) is 11.8 Å². The van der Waals surface area contributed by atoms with E-state index in [1.807, 2.05) is 13.0 Å². The zero-order valence-corrected chi connectivity index (χ0v) is 9.99. The van der Waals surface area contributed by atoms with Gasteiger partial charge in [0.05, 0.1) is 0 Å². The quantitative estimate of drug-likeness (QED) is 0.683. The molecule has 0 rings (SSSR count). The van der Waals surface area contributed by atoms with Crippen molar-refractivity contribution in [3.63, 3.8) is 0 Å². The summed E-state index contributed by atoms with van der Waals surface area (Å²) in [6, 6.07) is 0. The van der Waals surface area contributed by atoms with Gasteiger partial charge >= 0.3 is 5.97 Å². The normalized spacial score (nSPS) is 14.3. The number of carboxylic acids is 1. The van der Waals surface area contributed by atoms with Gasteiger partial charge in [0, 0.05) is 12.1 Å². The molecule has 0 saturated carbocycles. The lowest BCUT2D eigenvalue weighted by molar-refractivity contribution is -0.138. The van der Waals surface area contributed by atoms with Crippen molar-refractivity contribution in [3.05, 3.63) is 11.8 Å². The summed E-state index contributed by atoms with van der Waals surface area (Å²) < 4.78 is 0. The van der Waals surface area contributed by atoms with E-state index in [4.69, 9.17) is 10.8 Å². The van der Waals surface area contributed by atoms with Gasteiger partial charge in [-0.15, -0.1) is 0 Å². The van der Waals surface area contributed by atoms with Crippen molar-refractivity contribution in [2.24, 2.45) is 17.6 Å². The van der Waals surface area contributed by atoms with Crippen LogP contribution in [-0.2, 0) is 4.79 Å². The monoisotopic (exact) mass is 213 g/mol. The smallest absolute Gasteiger partial charge is 0.303 e. The molecule has 0 aliphatic carbocycles. The molecule has 3 N–H and O–H groups in total. The van der Waals surface area contributed by atoms with Gasteiger partial charge < -0.3 is 10.8 Å². The van der Waals surface area contributed by atoms with E-state index in [1.54, 1.807) is 0 Å². The largest absolute Gasteiger partial charge is 0.481 e. The number of aliphatic carboxylic acids is 1. The molecule has 15 heavy (non-hydrogen) atoms. The Morgan fingerprint density at radius 3 is 2.40 bits per heavy atom. The third-order valence-corrected chi connectivity index (χ3v) is 2.26. The van der Waals surface area contributed by atoms with E-state index in [2.05, 4.69) is 13.8 Å². The van der Waals surface area contributed by atoms with Gasteiger partial charge in [-0.2, -0.15) is 0 Å². The van der Waals surface area contributed by atoms with Crippen molar-refractivity contribution in [2.75, 3.05) is 0 Å². The predicted molar refractivity (Wildman–Crippen MR) is 62.4 cm³/mol. The van der Waals surface area contributed by atoms with Crippen molar-refractivity contribution in [3.8, 4) is 0 Å². The first-order valence-electron chi connectivity index (χ1n) is 5.62. The highest BCUT2D eigenvalue weighted by Gasteiger charge is 2.15. The number of hydrogen-bond donors (Lipinski definition) is 2.